The summed E-state index contributed by atoms with van der Waals surface area (Å²) >= 11 is 0. The third-order valence-corrected chi connectivity index (χ3v) is 5.06. The Morgan fingerprint density at radius 1 is 1.09 bits per heavy atom. The van der Waals surface area contributed by atoms with Gasteiger partial charge in [-0.1, -0.05) is 24.3 Å². The number of methoxy groups -OCH3 is 1. The minimum atomic E-state index is -4.59. The van der Waals surface area contributed by atoms with Crippen molar-refractivity contribution in [3.63, 3.8) is 0 Å². The van der Waals surface area contributed by atoms with E-state index in [0.29, 0.717) is 19.6 Å². The Kier molecular flexibility index (Phi) is 8.11. The van der Waals surface area contributed by atoms with Crippen LogP contribution >= 0.6 is 0 Å². The number of carbonyl (C=O) groups excluding carboxylic acids is 1. The molecular formula is C24H25F4N3O2. The van der Waals surface area contributed by atoms with Gasteiger partial charge >= 0.3 is 12.2 Å². The molecule has 3 rings (SSSR count). The molecule has 5 nitrogen and oxygen atoms in total. The summed E-state index contributed by atoms with van der Waals surface area (Å²) < 4.78 is 60.5. The van der Waals surface area contributed by atoms with Gasteiger partial charge in [0.05, 0.1) is 17.8 Å². The molecule has 0 aliphatic heterocycles. The topological polar surface area (TPSA) is 46.5 Å². The average molecular weight is 463 g/mol. The zero-order valence-corrected chi connectivity index (χ0v) is 18.1. The lowest BCUT2D eigenvalue weighted by atomic mass is 10.1. The number of halogens is 4. The van der Waals surface area contributed by atoms with Crippen LogP contribution in [0, 0.1) is 5.82 Å². The molecule has 9 heteroatoms. The third-order valence-electron chi connectivity index (χ3n) is 5.06. The van der Waals surface area contributed by atoms with Crippen LogP contribution in [0.3, 0.4) is 0 Å². The van der Waals surface area contributed by atoms with Crippen molar-refractivity contribution in [3.05, 3.63) is 89.5 Å². The number of urea groups is 1. The zero-order valence-electron chi connectivity index (χ0n) is 18.1. The van der Waals surface area contributed by atoms with Gasteiger partial charge < -0.3 is 19.5 Å². The van der Waals surface area contributed by atoms with Crippen LogP contribution in [0.5, 0.6) is 0 Å². The van der Waals surface area contributed by atoms with E-state index in [9.17, 15) is 22.4 Å². The van der Waals surface area contributed by atoms with E-state index >= 15 is 0 Å². The van der Waals surface area contributed by atoms with Crippen LogP contribution in [0.1, 0.15) is 23.2 Å². The Morgan fingerprint density at radius 2 is 1.88 bits per heavy atom. The van der Waals surface area contributed by atoms with E-state index in [2.05, 4.69) is 5.32 Å². The summed E-state index contributed by atoms with van der Waals surface area (Å²) in [7, 11) is 1.54. The van der Waals surface area contributed by atoms with Gasteiger partial charge in [-0.05, 0) is 48.4 Å². The van der Waals surface area contributed by atoms with Gasteiger partial charge in [0.2, 0.25) is 0 Å². The lowest BCUT2D eigenvalue weighted by Crippen LogP contribution is -2.36. The fourth-order valence-corrected chi connectivity index (χ4v) is 3.46. The number of amides is 2. The Hall–Kier alpha value is -3.33. The van der Waals surface area contributed by atoms with E-state index in [1.54, 1.807) is 18.2 Å². The summed E-state index contributed by atoms with van der Waals surface area (Å²) in [6, 6.07) is 14.0. The molecule has 1 N–H and O–H groups in total. The highest BCUT2D eigenvalue weighted by Crippen LogP contribution is 2.34. The summed E-state index contributed by atoms with van der Waals surface area (Å²) in [5.41, 5.74) is 0.296. The van der Waals surface area contributed by atoms with E-state index in [1.165, 1.54) is 42.3 Å². The maximum absolute atomic E-state index is 13.5. The van der Waals surface area contributed by atoms with Gasteiger partial charge in [-0.3, -0.25) is 0 Å². The normalized spacial score (nSPS) is 11.4. The molecule has 0 bridgehead atoms. The minimum absolute atomic E-state index is 0.159. The number of anilines is 1. The molecule has 3 aromatic rings. The minimum Gasteiger partial charge on any atom is -0.385 e. The van der Waals surface area contributed by atoms with Crippen LogP contribution in [0.4, 0.5) is 28.0 Å². The number of para-hydroxylation sites is 1. The number of hydrogen-bond donors (Lipinski definition) is 1. The molecule has 176 valence electrons. The standard InChI is InChI=1S/C24H25F4N3O2/c1-33-14-6-13-31(23(32)29-22-11-3-2-10-21(22)24(26,27)28)17-20-9-5-12-30(20)16-18-7-4-8-19(25)15-18/h2-5,7-12,15H,6,13-14,16-17H2,1H3,(H,29,32). The number of ether oxygens (including phenoxy) is 1. The van der Waals surface area contributed by atoms with E-state index in [1.807, 2.05) is 16.8 Å². The van der Waals surface area contributed by atoms with Crippen molar-refractivity contribution in [2.45, 2.75) is 25.7 Å². The highest BCUT2D eigenvalue weighted by atomic mass is 19.4. The van der Waals surface area contributed by atoms with Crippen molar-refractivity contribution < 1.29 is 27.1 Å². The number of benzene rings is 2. The number of nitrogens with one attached hydrogen (secondary N) is 1. The number of alkyl halides is 3. The second-order valence-electron chi connectivity index (χ2n) is 7.50. The first kappa shape index (κ1) is 24.3. The van der Waals surface area contributed by atoms with Gasteiger partial charge in [-0.15, -0.1) is 0 Å². The number of hydrogen-bond acceptors (Lipinski definition) is 2. The van der Waals surface area contributed by atoms with Crippen LogP contribution in [-0.2, 0) is 24.0 Å². The van der Waals surface area contributed by atoms with Crippen LogP contribution < -0.4 is 5.32 Å². The van der Waals surface area contributed by atoms with Crippen LogP contribution in [0.15, 0.2) is 66.9 Å². The molecule has 0 saturated heterocycles. The summed E-state index contributed by atoms with van der Waals surface area (Å²) in [5.74, 6) is -0.342. The Morgan fingerprint density at radius 3 is 2.61 bits per heavy atom. The van der Waals surface area contributed by atoms with E-state index in [4.69, 9.17) is 4.74 Å². The Labute approximate surface area is 189 Å². The van der Waals surface area contributed by atoms with Crippen molar-refractivity contribution in [2.75, 3.05) is 25.6 Å². The second-order valence-corrected chi connectivity index (χ2v) is 7.50. The molecule has 2 aromatic carbocycles. The maximum atomic E-state index is 13.5. The monoisotopic (exact) mass is 463 g/mol. The van der Waals surface area contributed by atoms with Crippen molar-refractivity contribution in [1.29, 1.82) is 0 Å². The van der Waals surface area contributed by atoms with E-state index in [-0.39, 0.29) is 24.6 Å². The Bertz CT molecular complexity index is 1070. The van der Waals surface area contributed by atoms with Gasteiger partial charge in [0.15, 0.2) is 0 Å². The molecule has 1 aromatic heterocycles. The van der Waals surface area contributed by atoms with Gasteiger partial charge in [0.25, 0.3) is 0 Å². The second kappa shape index (κ2) is 11.0. The highest BCUT2D eigenvalue weighted by molar-refractivity contribution is 5.90. The van der Waals surface area contributed by atoms with Gasteiger partial charge in [0.1, 0.15) is 5.82 Å². The first-order chi connectivity index (χ1) is 15.8. The van der Waals surface area contributed by atoms with Gasteiger partial charge in [-0.2, -0.15) is 13.2 Å². The average Bonchev–Trinajstić information content (AvgIpc) is 3.19. The number of aromatic nitrogens is 1. The summed E-state index contributed by atoms with van der Waals surface area (Å²) in [4.78, 5) is 14.4. The van der Waals surface area contributed by atoms with Crippen molar-refractivity contribution in [1.82, 2.24) is 9.47 Å². The molecule has 0 radical (unpaired) electrons. The van der Waals surface area contributed by atoms with Gasteiger partial charge in [-0.25, -0.2) is 9.18 Å². The molecule has 33 heavy (non-hydrogen) atoms. The summed E-state index contributed by atoms with van der Waals surface area (Å²) in [6.07, 6.45) is -2.27. The van der Waals surface area contributed by atoms with Crippen molar-refractivity contribution in [2.24, 2.45) is 0 Å². The maximum Gasteiger partial charge on any atom is 0.418 e. The molecule has 0 fully saturated rings. The molecule has 0 spiro atoms. The molecule has 0 saturated carbocycles. The predicted molar refractivity (Wildman–Crippen MR) is 117 cm³/mol. The molecular weight excluding hydrogens is 438 g/mol. The molecule has 1 heterocycles. The van der Waals surface area contributed by atoms with Crippen LogP contribution in [0.2, 0.25) is 0 Å². The fraction of sp³-hybridized carbons (Fsp3) is 0.292. The summed E-state index contributed by atoms with van der Waals surface area (Å²) in [5, 5.41) is 2.40. The van der Waals surface area contributed by atoms with Crippen LogP contribution in [0.25, 0.3) is 0 Å². The Balaban J connectivity index is 1.79. The molecule has 0 aliphatic rings. The number of nitrogens with zero attached hydrogens (tertiary/aromatic N) is 2. The first-order valence-corrected chi connectivity index (χ1v) is 10.4. The predicted octanol–water partition coefficient (Wildman–Crippen LogP) is 5.76. The summed E-state index contributed by atoms with van der Waals surface area (Å²) in [6.45, 7) is 1.23. The lowest BCUT2D eigenvalue weighted by molar-refractivity contribution is -0.136. The molecule has 0 atom stereocenters. The van der Waals surface area contributed by atoms with Crippen molar-refractivity contribution >= 4 is 11.7 Å². The third kappa shape index (κ3) is 6.82. The molecule has 0 unspecified atom stereocenters. The number of rotatable bonds is 9. The van der Waals surface area contributed by atoms with E-state index < -0.39 is 17.8 Å². The molecule has 2 amide bonds. The van der Waals surface area contributed by atoms with Crippen LogP contribution in [-0.4, -0.2) is 35.8 Å². The lowest BCUT2D eigenvalue weighted by Gasteiger charge is -2.25. The quantitative estimate of drug-likeness (QED) is 0.324. The zero-order chi connectivity index (χ0) is 23.8. The fourth-order valence-electron chi connectivity index (χ4n) is 3.46. The smallest absolute Gasteiger partial charge is 0.385 e. The SMILES string of the molecule is COCCCN(Cc1cccn1Cc1cccc(F)c1)C(=O)Nc1ccccc1C(F)(F)F. The highest BCUT2D eigenvalue weighted by Gasteiger charge is 2.34. The first-order valence-electron chi connectivity index (χ1n) is 10.4. The van der Waals surface area contributed by atoms with E-state index in [0.717, 1.165) is 17.3 Å². The van der Waals surface area contributed by atoms with Gasteiger partial charge in [0, 0.05) is 38.7 Å². The largest absolute Gasteiger partial charge is 0.418 e. The molecule has 0 aliphatic carbocycles. The number of carbonyl (C=O) groups is 1. The van der Waals surface area contributed by atoms with Crippen molar-refractivity contribution in [3.8, 4) is 0 Å².